The molecule has 24 heavy (non-hydrogen) atoms. The molecular formula is C17H25FN4O2. The van der Waals surface area contributed by atoms with Crippen LogP contribution in [0.1, 0.15) is 26.7 Å². The second-order valence-electron chi connectivity index (χ2n) is 6.29. The fourth-order valence-electron chi connectivity index (χ4n) is 2.67. The van der Waals surface area contributed by atoms with Crippen LogP contribution in [0.3, 0.4) is 0 Å². The molecule has 1 aromatic carbocycles. The number of anilines is 1. The molecule has 0 spiro atoms. The predicted octanol–water partition coefficient (Wildman–Crippen LogP) is 1.92. The van der Waals surface area contributed by atoms with E-state index in [1.807, 2.05) is 13.8 Å². The molecule has 3 amide bonds. The highest BCUT2D eigenvalue weighted by Gasteiger charge is 2.31. The maximum Gasteiger partial charge on any atom is 0.319 e. The van der Waals surface area contributed by atoms with Crippen molar-refractivity contribution < 1.29 is 14.0 Å². The van der Waals surface area contributed by atoms with E-state index in [9.17, 15) is 14.0 Å². The number of likely N-dealkylation sites (tertiary alicyclic amines) is 1. The number of carbonyl (C=O) groups is 2. The number of urea groups is 1. The third kappa shape index (κ3) is 4.67. The van der Waals surface area contributed by atoms with Crippen LogP contribution in [0.2, 0.25) is 0 Å². The molecule has 0 aliphatic carbocycles. The summed E-state index contributed by atoms with van der Waals surface area (Å²) in [4.78, 5) is 26.0. The first kappa shape index (κ1) is 18.2. The third-order valence-electron chi connectivity index (χ3n) is 4.48. The van der Waals surface area contributed by atoms with Gasteiger partial charge in [0.2, 0.25) is 5.91 Å². The van der Waals surface area contributed by atoms with Gasteiger partial charge in [0.25, 0.3) is 0 Å². The zero-order valence-electron chi connectivity index (χ0n) is 14.1. The standard InChI is InChI=1S/C17H25FN4O2/c1-3-11(2)15(19)16(23)22-9-8-14(10-22)21-17(24)20-13-6-4-12(18)5-7-13/h4-7,11,14-15H,3,8-10,19H2,1-2H3,(H2,20,21,24). The summed E-state index contributed by atoms with van der Waals surface area (Å²) in [6.45, 7) is 5.01. The van der Waals surface area contributed by atoms with E-state index in [4.69, 9.17) is 5.73 Å². The first-order valence-corrected chi connectivity index (χ1v) is 8.28. The Morgan fingerprint density at radius 1 is 1.38 bits per heavy atom. The van der Waals surface area contributed by atoms with Crippen LogP contribution >= 0.6 is 0 Å². The Kier molecular flexibility index (Phi) is 6.14. The second kappa shape index (κ2) is 8.10. The summed E-state index contributed by atoms with van der Waals surface area (Å²) in [5.74, 6) is -0.289. The molecule has 0 aromatic heterocycles. The molecule has 1 aliphatic rings. The van der Waals surface area contributed by atoms with Gasteiger partial charge in [-0.05, 0) is 36.6 Å². The SMILES string of the molecule is CCC(C)C(N)C(=O)N1CCC(NC(=O)Nc2ccc(F)cc2)C1. The fraction of sp³-hybridized carbons (Fsp3) is 0.529. The normalized spacial score (nSPS) is 19.7. The third-order valence-corrected chi connectivity index (χ3v) is 4.48. The van der Waals surface area contributed by atoms with E-state index >= 15 is 0 Å². The minimum absolute atomic E-state index is 0.0624. The minimum Gasteiger partial charge on any atom is -0.339 e. The highest BCUT2D eigenvalue weighted by molar-refractivity contribution is 5.89. The molecule has 1 fully saturated rings. The zero-order valence-corrected chi connectivity index (χ0v) is 14.1. The lowest BCUT2D eigenvalue weighted by molar-refractivity contribution is -0.132. The van der Waals surface area contributed by atoms with Crippen molar-refractivity contribution in [3.63, 3.8) is 0 Å². The Labute approximate surface area is 141 Å². The number of nitrogens with two attached hydrogens (primary N) is 1. The van der Waals surface area contributed by atoms with Crippen LogP contribution in [0.4, 0.5) is 14.9 Å². The largest absolute Gasteiger partial charge is 0.339 e. The molecule has 0 saturated carbocycles. The average molecular weight is 336 g/mol. The maximum absolute atomic E-state index is 12.8. The summed E-state index contributed by atoms with van der Waals surface area (Å²) < 4.78 is 12.8. The van der Waals surface area contributed by atoms with E-state index < -0.39 is 6.04 Å². The number of rotatable bonds is 5. The van der Waals surface area contributed by atoms with Crippen LogP contribution in [-0.4, -0.2) is 42.0 Å². The number of halogens is 1. The topological polar surface area (TPSA) is 87.5 Å². The maximum atomic E-state index is 12.8. The van der Waals surface area contributed by atoms with Crippen molar-refractivity contribution in [2.24, 2.45) is 11.7 Å². The van der Waals surface area contributed by atoms with Gasteiger partial charge in [0.15, 0.2) is 0 Å². The smallest absolute Gasteiger partial charge is 0.319 e. The molecule has 0 radical (unpaired) electrons. The summed E-state index contributed by atoms with van der Waals surface area (Å²) in [6.07, 6.45) is 1.54. The van der Waals surface area contributed by atoms with Crippen molar-refractivity contribution >= 4 is 17.6 Å². The van der Waals surface area contributed by atoms with Gasteiger partial charge in [-0.2, -0.15) is 0 Å². The van der Waals surface area contributed by atoms with Gasteiger partial charge in [-0.25, -0.2) is 9.18 Å². The summed E-state index contributed by atoms with van der Waals surface area (Å²) in [5.41, 5.74) is 6.50. The first-order chi connectivity index (χ1) is 11.4. The molecule has 1 aliphatic heterocycles. The molecule has 1 heterocycles. The molecule has 2 rings (SSSR count). The van der Waals surface area contributed by atoms with Gasteiger partial charge in [0.05, 0.1) is 6.04 Å². The number of carbonyl (C=O) groups excluding carboxylic acids is 2. The van der Waals surface area contributed by atoms with Gasteiger partial charge < -0.3 is 21.3 Å². The van der Waals surface area contributed by atoms with Gasteiger partial charge >= 0.3 is 6.03 Å². The van der Waals surface area contributed by atoms with E-state index in [0.29, 0.717) is 25.2 Å². The van der Waals surface area contributed by atoms with Crippen LogP contribution < -0.4 is 16.4 Å². The van der Waals surface area contributed by atoms with Crippen molar-refractivity contribution in [3.8, 4) is 0 Å². The van der Waals surface area contributed by atoms with Gasteiger partial charge in [-0.15, -0.1) is 0 Å². The van der Waals surface area contributed by atoms with Gasteiger partial charge in [0, 0.05) is 24.8 Å². The van der Waals surface area contributed by atoms with Crippen LogP contribution in [0, 0.1) is 11.7 Å². The van der Waals surface area contributed by atoms with Crippen LogP contribution in [-0.2, 0) is 4.79 Å². The molecule has 3 unspecified atom stereocenters. The highest BCUT2D eigenvalue weighted by Crippen LogP contribution is 2.15. The zero-order chi connectivity index (χ0) is 17.7. The summed E-state index contributed by atoms with van der Waals surface area (Å²) >= 11 is 0. The summed E-state index contributed by atoms with van der Waals surface area (Å²) in [5, 5.41) is 5.48. The first-order valence-electron chi connectivity index (χ1n) is 8.28. The predicted molar refractivity (Wildman–Crippen MR) is 91.0 cm³/mol. The Bertz CT molecular complexity index is 578. The lowest BCUT2D eigenvalue weighted by Crippen LogP contribution is -2.47. The molecular weight excluding hydrogens is 311 g/mol. The monoisotopic (exact) mass is 336 g/mol. The van der Waals surface area contributed by atoms with E-state index in [2.05, 4.69) is 10.6 Å². The number of benzene rings is 1. The molecule has 0 bridgehead atoms. The number of hydrogen-bond donors (Lipinski definition) is 3. The summed E-state index contributed by atoms with van der Waals surface area (Å²) in [7, 11) is 0. The van der Waals surface area contributed by atoms with Crippen molar-refractivity contribution in [2.75, 3.05) is 18.4 Å². The van der Waals surface area contributed by atoms with Crippen molar-refractivity contribution in [1.29, 1.82) is 0 Å². The average Bonchev–Trinajstić information content (AvgIpc) is 3.03. The lowest BCUT2D eigenvalue weighted by atomic mass is 9.99. The summed E-state index contributed by atoms with van der Waals surface area (Å²) in [6, 6.07) is 4.56. The van der Waals surface area contributed by atoms with Gasteiger partial charge in [-0.1, -0.05) is 20.3 Å². The molecule has 3 atom stereocenters. The number of hydrogen-bond acceptors (Lipinski definition) is 3. The van der Waals surface area contributed by atoms with E-state index in [1.165, 1.54) is 24.3 Å². The Balaban J connectivity index is 1.81. The Hall–Kier alpha value is -2.15. The second-order valence-corrected chi connectivity index (χ2v) is 6.29. The molecule has 1 saturated heterocycles. The minimum atomic E-state index is -0.498. The fourth-order valence-corrected chi connectivity index (χ4v) is 2.67. The van der Waals surface area contributed by atoms with Crippen molar-refractivity contribution in [2.45, 2.75) is 38.8 Å². The van der Waals surface area contributed by atoms with Crippen LogP contribution in [0.15, 0.2) is 24.3 Å². The highest BCUT2D eigenvalue weighted by atomic mass is 19.1. The van der Waals surface area contributed by atoms with E-state index in [0.717, 1.165) is 6.42 Å². The lowest BCUT2D eigenvalue weighted by Gasteiger charge is -2.24. The van der Waals surface area contributed by atoms with Crippen molar-refractivity contribution in [3.05, 3.63) is 30.1 Å². The molecule has 7 heteroatoms. The quantitative estimate of drug-likeness (QED) is 0.768. The molecule has 6 nitrogen and oxygen atoms in total. The van der Waals surface area contributed by atoms with Gasteiger partial charge in [0.1, 0.15) is 5.82 Å². The van der Waals surface area contributed by atoms with Gasteiger partial charge in [-0.3, -0.25) is 4.79 Å². The van der Waals surface area contributed by atoms with E-state index in [-0.39, 0.29) is 29.7 Å². The van der Waals surface area contributed by atoms with Crippen LogP contribution in [0.5, 0.6) is 0 Å². The van der Waals surface area contributed by atoms with Crippen LogP contribution in [0.25, 0.3) is 0 Å². The Morgan fingerprint density at radius 2 is 2.04 bits per heavy atom. The van der Waals surface area contributed by atoms with Crippen molar-refractivity contribution in [1.82, 2.24) is 10.2 Å². The molecule has 132 valence electrons. The van der Waals surface area contributed by atoms with E-state index in [1.54, 1.807) is 4.90 Å². The number of amides is 3. The molecule has 1 aromatic rings. The molecule has 4 N–H and O–H groups in total. The number of nitrogens with one attached hydrogen (secondary N) is 2. The Morgan fingerprint density at radius 3 is 2.67 bits per heavy atom. The number of nitrogens with zero attached hydrogens (tertiary/aromatic N) is 1.